The standard InChI is InChI=1S/C22H24ClN5O/c23-20-7-3-17(4-8-20)13-27-11-9-21(10-12-27)26-22(29)19-5-1-18(2-6-19)14-28-16-24-15-25-28/h1-8,15-16,21H,9-14H2,(H,26,29). The molecule has 29 heavy (non-hydrogen) atoms. The highest BCUT2D eigenvalue weighted by atomic mass is 35.5. The summed E-state index contributed by atoms with van der Waals surface area (Å²) in [6.07, 6.45) is 5.12. The van der Waals surface area contributed by atoms with Gasteiger partial charge in [0.15, 0.2) is 0 Å². The third-order valence-corrected chi connectivity index (χ3v) is 5.52. The van der Waals surface area contributed by atoms with Crippen molar-refractivity contribution < 1.29 is 4.79 Å². The molecule has 4 rings (SSSR count). The van der Waals surface area contributed by atoms with Crippen molar-refractivity contribution in [2.75, 3.05) is 13.1 Å². The number of hydrogen-bond donors (Lipinski definition) is 1. The van der Waals surface area contributed by atoms with E-state index in [1.807, 2.05) is 36.4 Å². The minimum Gasteiger partial charge on any atom is -0.349 e. The number of likely N-dealkylation sites (tertiary alicyclic amines) is 1. The van der Waals surface area contributed by atoms with Gasteiger partial charge >= 0.3 is 0 Å². The summed E-state index contributed by atoms with van der Waals surface area (Å²) in [5.41, 5.74) is 3.04. The van der Waals surface area contributed by atoms with Crippen LogP contribution in [0, 0.1) is 0 Å². The predicted molar refractivity (Wildman–Crippen MR) is 113 cm³/mol. The van der Waals surface area contributed by atoms with Gasteiger partial charge in [0.2, 0.25) is 0 Å². The van der Waals surface area contributed by atoms with Gasteiger partial charge in [-0.2, -0.15) is 5.10 Å². The molecule has 0 bridgehead atoms. The van der Waals surface area contributed by atoms with Crippen LogP contribution in [-0.4, -0.2) is 44.7 Å². The fourth-order valence-corrected chi connectivity index (χ4v) is 3.74. The van der Waals surface area contributed by atoms with E-state index in [0.29, 0.717) is 12.1 Å². The molecule has 0 atom stereocenters. The zero-order valence-electron chi connectivity index (χ0n) is 16.2. The first-order valence-electron chi connectivity index (χ1n) is 9.85. The van der Waals surface area contributed by atoms with Crippen LogP contribution >= 0.6 is 11.6 Å². The van der Waals surface area contributed by atoms with E-state index in [1.165, 1.54) is 11.9 Å². The summed E-state index contributed by atoms with van der Waals surface area (Å²) in [6.45, 7) is 3.52. The number of piperidine rings is 1. The first kappa shape index (κ1) is 19.6. The lowest BCUT2D eigenvalue weighted by Gasteiger charge is -2.32. The van der Waals surface area contributed by atoms with Gasteiger partial charge in [0.05, 0.1) is 6.54 Å². The second-order valence-corrected chi connectivity index (χ2v) is 7.88. The van der Waals surface area contributed by atoms with Crippen molar-refractivity contribution in [2.24, 2.45) is 0 Å². The summed E-state index contributed by atoms with van der Waals surface area (Å²) in [5.74, 6) is -0.00606. The molecule has 3 aromatic rings. The number of nitrogens with one attached hydrogen (secondary N) is 1. The van der Waals surface area contributed by atoms with E-state index in [9.17, 15) is 4.79 Å². The SMILES string of the molecule is O=C(NC1CCN(Cc2ccc(Cl)cc2)CC1)c1ccc(Cn2cncn2)cc1. The lowest BCUT2D eigenvalue weighted by molar-refractivity contribution is 0.0909. The number of hydrogen-bond acceptors (Lipinski definition) is 4. The van der Waals surface area contributed by atoms with Crippen LogP contribution in [0.1, 0.15) is 34.3 Å². The van der Waals surface area contributed by atoms with E-state index in [0.717, 1.165) is 43.1 Å². The highest BCUT2D eigenvalue weighted by Crippen LogP contribution is 2.16. The monoisotopic (exact) mass is 409 g/mol. The average molecular weight is 410 g/mol. The minimum absolute atomic E-state index is 0.00606. The Morgan fingerprint density at radius 1 is 1.00 bits per heavy atom. The maximum atomic E-state index is 12.6. The lowest BCUT2D eigenvalue weighted by atomic mass is 10.0. The Bertz CT molecular complexity index is 917. The molecular formula is C22H24ClN5O. The van der Waals surface area contributed by atoms with Crippen molar-refractivity contribution in [1.82, 2.24) is 25.0 Å². The number of halogens is 1. The van der Waals surface area contributed by atoms with Gasteiger partial charge in [-0.25, -0.2) is 9.67 Å². The third-order valence-electron chi connectivity index (χ3n) is 5.27. The maximum Gasteiger partial charge on any atom is 0.251 e. The Labute approximate surface area is 175 Å². The van der Waals surface area contributed by atoms with Crippen LogP contribution in [0.4, 0.5) is 0 Å². The van der Waals surface area contributed by atoms with Gasteiger partial charge < -0.3 is 5.32 Å². The van der Waals surface area contributed by atoms with Crippen LogP contribution < -0.4 is 5.32 Å². The molecule has 1 aliphatic heterocycles. The van der Waals surface area contributed by atoms with Gasteiger partial charge in [0.1, 0.15) is 12.7 Å². The van der Waals surface area contributed by atoms with Crippen LogP contribution in [0.3, 0.4) is 0 Å². The third kappa shape index (κ3) is 5.43. The zero-order chi connectivity index (χ0) is 20.1. The molecule has 1 N–H and O–H groups in total. The average Bonchev–Trinajstić information content (AvgIpc) is 3.25. The first-order chi connectivity index (χ1) is 14.2. The molecule has 0 aliphatic carbocycles. The van der Waals surface area contributed by atoms with Gasteiger partial charge in [0.25, 0.3) is 5.91 Å². The van der Waals surface area contributed by atoms with Crippen molar-refractivity contribution >= 4 is 17.5 Å². The van der Waals surface area contributed by atoms with Gasteiger partial charge in [0, 0.05) is 36.3 Å². The molecule has 1 amide bonds. The first-order valence-corrected chi connectivity index (χ1v) is 10.2. The highest BCUT2D eigenvalue weighted by molar-refractivity contribution is 6.30. The summed E-state index contributed by atoms with van der Waals surface area (Å²) in [7, 11) is 0. The van der Waals surface area contributed by atoms with Crippen molar-refractivity contribution in [2.45, 2.75) is 32.0 Å². The van der Waals surface area contributed by atoms with Crippen LogP contribution in [-0.2, 0) is 13.1 Å². The van der Waals surface area contributed by atoms with E-state index < -0.39 is 0 Å². The molecular weight excluding hydrogens is 386 g/mol. The van der Waals surface area contributed by atoms with Gasteiger partial charge in [-0.3, -0.25) is 9.69 Å². The second kappa shape index (κ2) is 9.20. The van der Waals surface area contributed by atoms with Crippen molar-refractivity contribution in [1.29, 1.82) is 0 Å². The molecule has 2 aromatic carbocycles. The molecule has 1 fully saturated rings. The number of aromatic nitrogens is 3. The molecule has 7 heteroatoms. The smallest absolute Gasteiger partial charge is 0.251 e. The predicted octanol–water partition coefficient (Wildman–Crippen LogP) is 3.37. The number of benzene rings is 2. The summed E-state index contributed by atoms with van der Waals surface area (Å²) in [6, 6.07) is 15.9. The second-order valence-electron chi connectivity index (χ2n) is 7.44. The normalized spacial score (nSPS) is 15.3. The van der Waals surface area contributed by atoms with Crippen molar-refractivity contribution in [3.05, 3.63) is 82.9 Å². The zero-order valence-corrected chi connectivity index (χ0v) is 16.9. The van der Waals surface area contributed by atoms with Crippen molar-refractivity contribution in [3.8, 4) is 0 Å². The highest BCUT2D eigenvalue weighted by Gasteiger charge is 2.21. The van der Waals surface area contributed by atoms with E-state index >= 15 is 0 Å². The van der Waals surface area contributed by atoms with Crippen LogP contribution in [0.15, 0.2) is 61.2 Å². The Balaban J connectivity index is 1.24. The van der Waals surface area contributed by atoms with Crippen LogP contribution in [0.25, 0.3) is 0 Å². The molecule has 0 spiro atoms. The Morgan fingerprint density at radius 2 is 1.66 bits per heavy atom. The minimum atomic E-state index is -0.00606. The largest absolute Gasteiger partial charge is 0.349 e. The van der Waals surface area contributed by atoms with E-state index in [4.69, 9.17) is 11.6 Å². The van der Waals surface area contributed by atoms with E-state index in [1.54, 1.807) is 11.0 Å². The van der Waals surface area contributed by atoms with Gasteiger partial charge in [-0.05, 0) is 48.2 Å². The molecule has 0 unspecified atom stereocenters. The molecule has 1 aliphatic rings. The summed E-state index contributed by atoms with van der Waals surface area (Å²) in [5, 5.41) is 8.05. The molecule has 0 saturated carbocycles. The quantitative estimate of drug-likeness (QED) is 0.678. The molecule has 1 saturated heterocycles. The lowest BCUT2D eigenvalue weighted by Crippen LogP contribution is -2.44. The molecule has 150 valence electrons. The fraction of sp³-hybridized carbons (Fsp3) is 0.318. The number of nitrogens with zero attached hydrogens (tertiary/aromatic N) is 4. The topological polar surface area (TPSA) is 63.1 Å². The molecule has 6 nitrogen and oxygen atoms in total. The molecule has 2 heterocycles. The number of carbonyl (C=O) groups is 1. The van der Waals surface area contributed by atoms with Crippen LogP contribution in [0.2, 0.25) is 5.02 Å². The van der Waals surface area contributed by atoms with Gasteiger partial charge in [-0.1, -0.05) is 35.9 Å². The molecule has 1 aromatic heterocycles. The Hall–Kier alpha value is -2.70. The Kier molecular flexibility index (Phi) is 6.22. The number of rotatable bonds is 6. The fourth-order valence-electron chi connectivity index (χ4n) is 3.62. The summed E-state index contributed by atoms with van der Waals surface area (Å²) in [4.78, 5) is 18.9. The van der Waals surface area contributed by atoms with E-state index in [2.05, 4.69) is 32.4 Å². The van der Waals surface area contributed by atoms with E-state index in [-0.39, 0.29) is 11.9 Å². The summed E-state index contributed by atoms with van der Waals surface area (Å²) < 4.78 is 1.76. The number of amides is 1. The summed E-state index contributed by atoms with van der Waals surface area (Å²) >= 11 is 5.95. The molecule has 0 radical (unpaired) electrons. The van der Waals surface area contributed by atoms with Gasteiger partial charge in [-0.15, -0.1) is 0 Å². The van der Waals surface area contributed by atoms with Crippen molar-refractivity contribution in [3.63, 3.8) is 0 Å². The number of carbonyl (C=O) groups excluding carboxylic acids is 1. The Morgan fingerprint density at radius 3 is 2.31 bits per heavy atom. The maximum absolute atomic E-state index is 12.6. The van der Waals surface area contributed by atoms with Crippen LogP contribution in [0.5, 0.6) is 0 Å².